The maximum Gasteiger partial charge on any atom is 0.203 e. The van der Waals surface area contributed by atoms with Gasteiger partial charge < -0.3 is 14.6 Å². The maximum atomic E-state index is 5.32. The zero-order valence-electron chi connectivity index (χ0n) is 12.4. The van der Waals surface area contributed by atoms with Crippen LogP contribution in [0.2, 0.25) is 0 Å². The van der Waals surface area contributed by atoms with Crippen molar-refractivity contribution in [2.45, 2.75) is 47.1 Å². The molecule has 0 radical (unpaired) electrons. The first-order valence-electron chi connectivity index (χ1n) is 6.81. The van der Waals surface area contributed by atoms with Crippen LogP contribution in [0.4, 0.5) is 5.95 Å². The molecule has 1 atom stereocenters. The summed E-state index contributed by atoms with van der Waals surface area (Å²) in [7, 11) is 0. The Hall–Kier alpha value is -1.03. The highest BCUT2D eigenvalue weighted by Crippen LogP contribution is 2.31. The number of aromatic nitrogens is 2. The zero-order valence-corrected chi connectivity index (χ0v) is 12.4. The summed E-state index contributed by atoms with van der Waals surface area (Å²) in [6, 6.07) is 0.411. The standard InChI is InChI=1S/C14H27N3O/c1-6-18-11-7-8-15-13-16-9-10-17(13)12(2)14(3,4)5/h9-10,12H,6-8,11H2,1-5H3,(H,15,16). The quantitative estimate of drug-likeness (QED) is 0.758. The summed E-state index contributed by atoms with van der Waals surface area (Å²) in [5, 5.41) is 3.38. The SMILES string of the molecule is CCOCCCNc1nccn1C(C)C(C)(C)C. The third-order valence-electron chi connectivity index (χ3n) is 3.29. The van der Waals surface area contributed by atoms with Gasteiger partial charge >= 0.3 is 0 Å². The Kier molecular flexibility index (Phi) is 5.66. The number of nitrogens with zero attached hydrogens (tertiary/aromatic N) is 2. The highest BCUT2D eigenvalue weighted by Gasteiger charge is 2.23. The summed E-state index contributed by atoms with van der Waals surface area (Å²) < 4.78 is 7.53. The lowest BCUT2D eigenvalue weighted by Crippen LogP contribution is -2.23. The first kappa shape index (κ1) is 15.0. The molecular formula is C14H27N3O. The maximum absolute atomic E-state index is 5.32. The van der Waals surface area contributed by atoms with Crippen LogP contribution in [0.15, 0.2) is 12.4 Å². The van der Waals surface area contributed by atoms with Gasteiger partial charge in [0.1, 0.15) is 0 Å². The number of anilines is 1. The van der Waals surface area contributed by atoms with Crippen LogP contribution in [-0.4, -0.2) is 29.3 Å². The van der Waals surface area contributed by atoms with E-state index in [9.17, 15) is 0 Å². The normalized spacial score (nSPS) is 13.6. The van der Waals surface area contributed by atoms with Crippen LogP contribution in [0.3, 0.4) is 0 Å². The average Bonchev–Trinajstić information content (AvgIpc) is 2.74. The van der Waals surface area contributed by atoms with Crippen LogP contribution in [0.5, 0.6) is 0 Å². The van der Waals surface area contributed by atoms with E-state index >= 15 is 0 Å². The Labute approximate surface area is 111 Å². The Balaban J connectivity index is 2.50. The molecule has 4 nitrogen and oxygen atoms in total. The number of hydrogen-bond acceptors (Lipinski definition) is 3. The number of ether oxygens (including phenoxy) is 1. The van der Waals surface area contributed by atoms with Crippen molar-refractivity contribution < 1.29 is 4.74 Å². The van der Waals surface area contributed by atoms with Crippen LogP contribution in [0.25, 0.3) is 0 Å². The van der Waals surface area contributed by atoms with Gasteiger partial charge in [-0.05, 0) is 25.7 Å². The monoisotopic (exact) mass is 253 g/mol. The molecule has 0 aliphatic heterocycles. The molecule has 104 valence electrons. The van der Waals surface area contributed by atoms with Gasteiger partial charge in [-0.25, -0.2) is 4.98 Å². The van der Waals surface area contributed by atoms with Crippen molar-refractivity contribution in [1.82, 2.24) is 9.55 Å². The van der Waals surface area contributed by atoms with E-state index in [2.05, 4.69) is 42.6 Å². The predicted molar refractivity (Wildman–Crippen MR) is 76.0 cm³/mol. The first-order valence-corrected chi connectivity index (χ1v) is 6.81. The number of imidazole rings is 1. The molecule has 0 aromatic carbocycles. The molecular weight excluding hydrogens is 226 g/mol. The molecule has 0 aliphatic rings. The highest BCUT2D eigenvalue weighted by atomic mass is 16.5. The van der Waals surface area contributed by atoms with E-state index in [0.717, 1.165) is 32.1 Å². The molecule has 0 spiro atoms. The fourth-order valence-corrected chi connectivity index (χ4v) is 1.70. The minimum Gasteiger partial charge on any atom is -0.382 e. The lowest BCUT2D eigenvalue weighted by atomic mass is 9.88. The van der Waals surface area contributed by atoms with E-state index in [1.807, 2.05) is 19.3 Å². The van der Waals surface area contributed by atoms with Crippen LogP contribution in [0.1, 0.15) is 47.1 Å². The van der Waals surface area contributed by atoms with Gasteiger partial charge in [-0.2, -0.15) is 0 Å². The molecule has 1 heterocycles. The molecule has 0 saturated heterocycles. The van der Waals surface area contributed by atoms with Crippen LogP contribution < -0.4 is 5.32 Å². The van der Waals surface area contributed by atoms with E-state index in [-0.39, 0.29) is 5.41 Å². The molecule has 0 saturated carbocycles. The second-order valence-electron chi connectivity index (χ2n) is 5.68. The average molecular weight is 253 g/mol. The molecule has 4 heteroatoms. The second kappa shape index (κ2) is 6.78. The second-order valence-corrected chi connectivity index (χ2v) is 5.68. The van der Waals surface area contributed by atoms with Gasteiger partial charge in [0.05, 0.1) is 0 Å². The topological polar surface area (TPSA) is 39.1 Å². The molecule has 0 bridgehead atoms. The smallest absolute Gasteiger partial charge is 0.203 e. The molecule has 1 aromatic rings. The summed E-state index contributed by atoms with van der Waals surface area (Å²) in [4.78, 5) is 4.38. The first-order chi connectivity index (χ1) is 8.46. The zero-order chi connectivity index (χ0) is 13.6. The van der Waals surface area contributed by atoms with E-state index in [0.29, 0.717) is 6.04 Å². The van der Waals surface area contributed by atoms with Crippen molar-refractivity contribution in [2.24, 2.45) is 5.41 Å². The van der Waals surface area contributed by atoms with Crippen molar-refractivity contribution in [3.8, 4) is 0 Å². The summed E-state index contributed by atoms with van der Waals surface area (Å²) in [5.41, 5.74) is 0.225. The van der Waals surface area contributed by atoms with E-state index in [1.54, 1.807) is 0 Å². The Morgan fingerprint density at radius 2 is 2.17 bits per heavy atom. The molecule has 1 aromatic heterocycles. The Morgan fingerprint density at radius 1 is 1.44 bits per heavy atom. The van der Waals surface area contributed by atoms with Crippen molar-refractivity contribution in [3.63, 3.8) is 0 Å². The van der Waals surface area contributed by atoms with Gasteiger partial charge in [0.15, 0.2) is 0 Å². The predicted octanol–water partition coefficient (Wildman–Crippen LogP) is 3.33. The van der Waals surface area contributed by atoms with Gasteiger partial charge in [0, 0.05) is 38.2 Å². The molecule has 18 heavy (non-hydrogen) atoms. The van der Waals surface area contributed by atoms with Crippen molar-refractivity contribution in [2.75, 3.05) is 25.1 Å². The molecule has 0 fully saturated rings. The molecule has 1 unspecified atom stereocenters. The molecule has 1 rings (SSSR count). The molecule has 1 N–H and O–H groups in total. The van der Waals surface area contributed by atoms with Crippen molar-refractivity contribution >= 4 is 5.95 Å². The highest BCUT2D eigenvalue weighted by molar-refractivity contribution is 5.26. The third kappa shape index (κ3) is 4.33. The lowest BCUT2D eigenvalue weighted by molar-refractivity contribution is 0.147. The summed E-state index contributed by atoms with van der Waals surface area (Å²) in [5.74, 6) is 0.953. The summed E-state index contributed by atoms with van der Waals surface area (Å²) >= 11 is 0. The van der Waals surface area contributed by atoms with E-state index in [1.165, 1.54) is 0 Å². The molecule has 0 amide bonds. The van der Waals surface area contributed by atoms with Crippen LogP contribution in [0, 0.1) is 5.41 Å². The fourth-order valence-electron chi connectivity index (χ4n) is 1.70. The summed E-state index contributed by atoms with van der Waals surface area (Å²) in [6.45, 7) is 13.5. The van der Waals surface area contributed by atoms with Crippen LogP contribution >= 0.6 is 0 Å². The largest absolute Gasteiger partial charge is 0.382 e. The van der Waals surface area contributed by atoms with Crippen molar-refractivity contribution in [3.05, 3.63) is 12.4 Å². The molecule has 0 aliphatic carbocycles. The number of hydrogen-bond donors (Lipinski definition) is 1. The Bertz CT molecular complexity index is 341. The van der Waals surface area contributed by atoms with Gasteiger partial charge in [-0.1, -0.05) is 20.8 Å². The minimum absolute atomic E-state index is 0.225. The van der Waals surface area contributed by atoms with Gasteiger partial charge in [-0.15, -0.1) is 0 Å². The van der Waals surface area contributed by atoms with Crippen molar-refractivity contribution in [1.29, 1.82) is 0 Å². The fraction of sp³-hybridized carbons (Fsp3) is 0.786. The van der Waals surface area contributed by atoms with Gasteiger partial charge in [0.25, 0.3) is 0 Å². The van der Waals surface area contributed by atoms with E-state index in [4.69, 9.17) is 4.74 Å². The number of rotatable bonds is 7. The third-order valence-corrected chi connectivity index (χ3v) is 3.29. The number of nitrogens with one attached hydrogen (secondary N) is 1. The van der Waals surface area contributed by atoms with Gasteiger partial charge in [0.2, 0.25) is 5.95 Å². The Morgan fingerprint density at radius 3 is 2.78 bits per heavy atom. The van der Waals surface area contributed by atoms with Crippen LogP contribution in [-0.2, 0) is 4.74 Å². The lowest BCUT2D eigenvalue weighted by Gasteiger charge is -2.29. The van der Waals surface area contributed by atoms with E-state index < -0.39 is 0 Å². The minimum atomic E-state index is 0.225. The summed E-state index contributed by atoms with van der Waals surface area (Å²) in [6.07, 6.45) is 4.90. The van der Waals surface area contributed by atoms with Gasteiger partial charge in [-0.3, -0.25) is 0 Å².